The van der Waals surface area contributed by atoms with E-state index < -0.39 is 5.97 Å². The minimum absolute atomic E-state index is 0.172. The Kier molecular flexibility index (Phi) is 4.24. The second-order valence-electron chi connectivity index (χ2n) is 4.20. The highest BCUT2D eigenvalue weighted by Gasteiger charge is 2.15. The molecule has 0 fully saturated rings. The molecule has 0 aliphatic heterocycles. The molecule has 1 aromatic carbocycles. The van der Waals surface area contributed by atoms with Gasteiger partial charge in [0.05, 0.1) is 5.56 Å². The zero-order valence-electron chi connectivity index (χ0n) is 9.78. The van der Waals surface area contributed by atoms with Crippen LogP contribution in [0.15, 0.2) is 24.3 Å². The van der Waals surface area contributed by atoms with Crippen molar-refractivity contribution in [2.24, 2.45) is 0 Å². The summed E-state index contributed by atoms with van der Waals surface area (Å²) in [4.78, 5) is 10.7. The zero-order valence-corrected chi connectivity index (χ0v) is 10.6. The Labute approximate surface area is 100 Å². The Morgan fingerprint density at radius 1 is 1.38 bits per heavy atom. The molecule has 0 saturated carbocycles. The second kappa shape index (κ2) is 5.25. The van der Waals surface area contributed by atoms with Gasteiger partial charge in [-0.1, -0.05) is 0 Å². The van der Waals surface area contributed by atoms with Crippen molar-refractivity contribution in [3.8, 4) is 0 Å². The summed E-state index contributed by atoms with van der Waals surface area (Å²) in [5.74, 6) is -0.893. The van der Waals surface area contributed by atoms with Gasteiger partial charge in [0.15, 0.2) is 0 Å². The van der Waals surface area contributed by atoms with Crippen LogP contribution in [0.1, 0.15) is 24.2 Å². The SMILES string of the molecule is CSC(C)(C)CNc1ccc(C(=O)O)cc1. The highest BCUT2D eigenvalue weighted by atomic mass is 32.2. The van der Waals surface area contributed by atoms with Crippen LogP contribution in [0.3, 0.4) is 0 Å². The summed E-state index contributed by atoms with van der Waals surface area (Å²) in [6, 6.07) is 6.80. The van der Waals surface area contributed by atoms with Crippen LogP contribution < -0.4 is 5.32 Å². The van der Waals surface area contributed by atoms with Crippen molar-refractivity contribution in [3.05, 3.63) is 29.8 Å². The van der Waals surface area contributed by atoms with E-state index in [2.05, 4.69) is 25.4 Å². The van der Waals surface area contributed by atoms with E-state index in [0.717, 1.165) is 12.2 Å². The van der Waals surface area contributed by atoms with Gasteiger partial charge in [0.25, 0.3) is 0 Å². The van der Waals surface area contributed by atoms with E-state index in [4.69, 9.17) is 5.11 Å². The van der Waals surface area contributed by atoms with Crippen LogP contribution in [0.5, 0.6) is 0 Å². The first kappa shape index (κ1) is 12.9. The number of anilines is 1. The highest BCUT2D eigenvalue weighted by Crippen LogP contribution is 2.21. The third-order valence-corrected chi connectivity index (χ3v) is 3.65. The number of aromatic carboxylic acids is 1. The molecule has 0 radical (unpaired) electrons. The van der Waals surface area contributed by atoms with Crippen molar-refractivity contribution in [2.75, 3.05) is 18.1 Å². The summed E-state index contributed by atoms with van der Waals surface area (Å²) in [6.07, 6.45) is 2.08. The van der Waals surface area contributed by atoms with E-state index in [9.17, 15) is 4.79 Å². The quantitative estimate of drug-likeness (QED) is 0.829. The van der Waals surface area contributed by atoms with E-state index in [0.29, 0.717) is 5.56 Å². The van der Waals surface area contributed by atoms with E-state index >= 15 is 0 Å². The molecule has 1 aromatic rings. The fourth-order valence-corrected chi connectivity index (χ4v) is 1.33. The van der Waals surface area contributed by atoms with Crippen molar-refractivity contribution >= 4 is 23.4 Å². The maximum atomic E-state index is 10.7. The Morgan fingerprint density at radius 2 is 1.94 bits per heavy atom. The smallest absolute Gasteiger partial charge is 0.335 e. The third-order valence-electron chi connectivity index (χ3n) is 2.40. The van der Waals surface area contributed by atoms with Crippen LogP contribution in [-0.4, -0.2) is 28.6 Å². The van der Waals surface area contributed by atoms with Gasteiger partial charge in [-0.15, -0.1) is 0 Å². The minimum atomic E-state index is -0.893. The van der Waals surface area contributed by atoms with Crippen LogP contribution in [0.4, 0.5) is 5.69 Å². The molecular weight excluding hydrogens is 222 g/mol. The summed E-state index contributed by atoms with van der Waals surface area (Å²) >= 11 is 1.80. The molecule has 0 aliphatic carbocycles. The molecule has 0 saturated heterocycles. The number of carboxylic acids is 1. The van der Waals surface area contributed by atoms with Crippen molar-refractivity contribution < 1.29 is 9.90 Å². The van der Waals surface area contributed by atoms with Crippen LogP contribution in [-0.2, 0) is 0 Å². The van der Waals surface area contributed by atoms with Gasteiger partial charge in [0, 0.05) is 17.0 Å². The standard InChI is InChI=1S/C12H17NO2S/c1-12(2,16-3)8-13-10-6-4-9(5-7-10)11(14)15/h4-7,13H,8H2,1-3H3,(H,14,15). The Morgan fingerprint density at radius 3 is 2.38 bits per heavy atom. The number of nitrogens with one attached hydrogen (secondary N) is 1. The number of carboxylic acid groups (broad SMARTS) is 1. The van der Waals surface area contributed by atoms with Crippen molar-refractivity contribution in [1.82, 2.24) is 0 Å². The molecule has 0 bridgehead atoms. The van der Waals surface area contributed by atoms with Gasteiger partial charge >= 0.3 is 5.97 Å². The van der Waals surface area contributed by atoms with E-state index in [-0.39, 0.29) is 4.75 Å². The fraction of sp³-hybridized carbons (Fsp3) is 0.417. The lowest BCUT2D eigenvalue weighted by atomic mass is 10.2. The molecule has 3 nitrogen and oxygen atoms in total. The molecule has 2 N–H and O–H groups in total. The van der Waals surface area contributed by atoms with Gasteiger partial charge in [-0.3, -0.25) is 0 Å². The first-order valence-corrected chi connectivity index (χ1v) is 6.29. The molecule has 0 unspecified atom stereocenters. The third kappa shape index (κ3) is 3.77. The molecule has 0 heterocycles. The van der Waals surface area contributed by atoms with Crippen LogP contribution in [0.2, 0.25) is 0 Å². The number of rotatable bonds is 5. The monoisotopic (exact) mass is 239 g/mol. The molecule has 0 aliphatic rings. The van der Waals surface area contributed by atoms with E-state index in [1.165, 1.54) is 0 Å². The fourth-order valence-electron chi connectivity index (χ4n) is 1.12. The topological polar surface area (TPSA) is 49.3 Å². The first-order valence-electron chi connectivity index (χ1n) is 5.07. The number of hydrogen-bond donors (Lipinski definition) is 2. The van der Waals surface area contributed by atoms with Crippen LogP contribution >= 0.6 is 11.8 Å². The van der Waals surface area contributed by atoms with Crippen LogP contribution in [0.25, 0.3) is 0 Å². The van der Waals surface area contributed by atoms with Crippen molar-refractivity contribution in [3.63, 3.8) is 0 Å². The van der Waals surface area contributed by atoms with Crippen molar-refractivity contribution in [2.45, 2.75) is 18.6 Å². The summed E-state index contributed by atoms with van der Waals surface area (Å²) in [6.45, 7) is 5.17. The summed E-state index contributed by atoms with van der Waals surface area (Å²) in [5.41, 5.74) is 1.27. The van der Waals surface area contributed by atoms with Crippen molar-refractivity contribution in [1.29, 1.82) is 0 Å². The summed E-state index contributed by atoms with van der Waals surface area (Å²) < 4.78 is 0.172. The van der Waals surface area contributed by atoms with Crippen LogP contribution in [0, 0.1) is 0 Å². The van der Waals surface area contributed by atoms with Gasteiger partial charge < -0.3 is 10.4 Å². The predicted octanol–water partition coefficient (Wildman–Crippen LogP) is 2.94. The molecule has 0 spiro atoms. The van der Waals surface area contributed by atoms with E-state index in [1.807, 2.05) is 0 Å². The van der Waals surface area contributed by atoms with Gasteiger partial charge in [-0.25, -0.2) is 4.79 Å². The van der Waals surface area contributed by atoms with Gasteiger partial charge in [0.2, 0.25) is 0 Å². The summed E-state index contributed by atoms with van der Waals surface area (Å²) in [5, 5.41) is 12.0. The Bertz CT molecular complexity index is 360. The lowest BCUT2D eigenvalue weighted by Gasteiger charge is -2.22. The molecule has 4 heteroatoms. The molecule has 0 atom stereocenters. The molecular formula is C12H17NO2S. The Hall–Kier alpha value is -1.16. The highest BCUT2D eigenvalue weighted by molar-refractivity contribution is 7.99. The summed E-state index contributed by atoms with van der Waals surface area (Å²) in [7, 11) is 0. The molecule has 0 aromatic heterocycles. The average Bonchev–Trinajstić information content (AvgIpc) is 2.27. The molecule has 16 heavy (non-hydrogen) atoms. The Balaban J connectivity index is 2.59. The second-order valence-corrected chi connectivity index (χ2v) is 5.71. The number of carbonyl (C=O) groups is 1. The average molecular weight is 239 g/mol. The van der Waals surface area contributed by atoms with E-state index in [1.54, 1.807) is 36.0 Å². The largest absolute Gasteiger partial charge is 0.478 e. The molecule has 1 rings (SSSR count). The number of thioether (sulfide) groups is 1. The maximum Gasteiger partial charge on any atom is 0.335 e. The minimum Gasteiger partial charge on any atom is -0.478 e. The molecule has 0 amide bonds. The first-order chi connectivity index (χ1) is 7.44. The number of hydrogen-bond acceptors (Lipinski definition) is 3. The normalized spacial score (nSPS) is 11.2. The lowest BCUT2D eigenvalue weighted by molar-refractivity contribution is 0.0697. The van der Waals surface area contributed by atoms with Gasteiger partial charge in [0.1, 0.15) is 0 Å². The maximum absolute atomic E-state index is 10.7. The zero-order chi connectivity index (χ0) is 12.2. The lowest BCUT2D eigenvalue weighted by Crippen LogP contribution is -2.25. The van der Waals surface area contributed by atoms with Gasteiger partial charge in [-0.05, 0) is 44.4 Å². The van der Waals surface area contributed by atoms with Gasteiger partial charge in [-0.2, -0.15) is 11.8 Å². The number of benzene rings is 1. The molecule has 88 valence electrons. The predicted molar refractivity (Wildman–Crippen MR) is 69.5 cm³/mol.